The average Bonchev–Trinajstić information content (AvgIpc) is 3.08. The second kappa shape index (κ2) is 5.07. The van der Waals surface area contributed by atoms with Crippen LogP contribution in [0, 0.1) is 0 Å². The number of para-hydroxylation sites is 1. The monoisotopic (exact) mass is 254 g/mol. The van der Waals surface area contributed by atoms with Crippen LogP contribution in [0.4, 0.5) is 0 Å². The van der Waals surface area contributed by atoms with Gasteiger partial charge in [0.2, 0.25) is 5.89 Å². The molecular formula is C14H14N4O. The summed E-state index contributed by atoms with van der Waals surface area (Å²) < 4.78 is 7.45. The van der Waals surface area contributed by atoms with Crippen LogP contribution < -0.4 is 5.32 Å². The lowest BCUT2D eigenvalue weighted by molar-refractivity contribution is 0.491. The van der Waals surface area contributed by atoms with Crippen LogP contribution in [0.3, 0.4) is 0 Å². The van der Waals surface area contributed by atoms with Crippen LogP contribution in [0.15, 0.2) is 53.3 Å². The van der Waals surface area contributed by atoms with E-state index >= 15 is 0 Å². The third-order valence-corrected chi connectivity index (χ3v) is 2.77. The molecule has 0 saturated heterocycles. The minimum absolute atomic E-state index is 0.618. The van der Waals surface area contributed by atoms with Gasteiger partial charge in [0.15, 0.2) is 5.76 Å². The van der Waals surface area contributed by atoms with Crippen molar-refractivity contribution in [1.29, 1.82) is 0 Å². The highest BCUT2D eigenvalue weighted by molar-refractivity contribution is 5.54. The molecule has 2 aromatic heterocycles. The van der Waals surface area contributed by atoms with Crippen LogP contribution in [0.25, 0.3) is 17.0 Å². The van der Waals surface area contributed by atoms with E-state index in [1.807, 2.05) is 48.3 Å². The molecule has 0 bridgehead atoms. The highest BCUT2D eigenvalue weighted by atomic mass is 16.4. The Morgan fingerprint density at radius 2 is 2.05 bits per heavy atom. The van der Waals surface area contributed by atoms with Gasteiger partial charge in [-0.05, 0) is 19.2 Å². The molecule has 0 fully saturated rings. The largest absolute Gasteiger partial charge is 0.439 e. The molecule has 3 rings (SSSR count). The molecule has 96 valence electrons. The zero-order chi connectivity index (χ0) is 13.1. The van der Waals surface area contributed by atoms with Gasteiger partial charge in [-0.1, -0.05) is 18.2 Å². The Morgan fingerprint density at radius 3 is 2.84 bits per heavy atom. The van der Waals surface area contributed by atoms with E-state index in [1.165, 1.54) is 0 Å². The minimum atomic E-state index is 0.618. The average molecular weight is 254 g/mol. The summed E-state index contributed by atoms with van der Waals surface area (Å²) in [6.45, 7) is 0.618. The van der Waals surface area contributed by atoms with Crippen molar-refractivity contribution in [2.45, 2.75) is 6.54 Å². The van der Waals surface area contributed by atoms with Gasteiger partial charge in [-0.2, -0.15) is 5.10 Å². The molecule has 0 aliphatic rings. The van der Waals surface area contributed by atoms with Gasteiger partial charge < -0.3 is 9.73 Å². The van der Waals surface area contributed by atoms with E-state index < -0.39 is 0 Å². The standard InChI is InChI=1S/C14H14N4O/c1-15-9-14-16-8-13(19-14)11-7-17-18(10-11)12-5-3-2-4-6-12/h2-8,10,15H,9H2,1H3. The molecule has 0 aliphatic heterocycles. The zero-order valence-electron chi connectivity index (χ0n) is 10.6. The van der Waals surface area contributed by atoms with Crippen molar-refractivity contribution in [3.8, 4) is 17.0 Å². The number of rotatable bonds is 4. The maximum atomic E-state index is 5.63. The molecule has 19 heavy (non-hydrogen) atoms. The summed E-state index contributed by atoms with van der Waals surface area (Å²) in [5.74, 6) is 1.40. The summed E-state index contributed by atoms with van der Waals surface area (Å²) in [5.41, 5.74) is 1.93. The number of hydrogen-bond acceptors (Lipinski definition) is 4. The SMILES string of the molecule is CNCc1ncc(-c2cnn(-c3ccccc3)c2)o1. The fourth-order valence-corrected chi connectivity index (χ4v) is 1.85. The van der Waals surface area contributed by atoms with Crippen molar-refractivity contribution in [2.24, 2.45) is 0 Å². The molecule has 1 N–H and O–H groups in total. The quantitative estimate of drug-likeness (QED) is 0.775. The van der Waals surface area contributed by atoms with Gasteiger partial charge in [0.1, 0.15) is 0 Å². The predicted molar refractivity (Wildman–Crippen MR) is 71.8 cm³/mol. The van der Waals surface area contributed by atoms with Gasteiger partial charge in [-0.25, -0.2) is 9.67 Å². The first-order valence-corrected chi connectivity index (χ1v) is 6.06. The van der Waals surface area contributed by atoms with Crippen molar-refractivity contribution in [3.63, 3.8) is 0 Å². The smallest absolute Gasteiger partial charge is 0.208 e. The summed E-state index contributed by atoms with van der Waals surface area (Å²) >= 11 is 0. The van der Waals surface area contributed by atoms with Crippen LogP contribution >= 0.6 is 0 Å². The van der Waals surface area contributed by atoms with E-state index in [2.05, 4.69) is 15.4 Å². The highest BCUT2D eigenvalue weighted by Crippen LogP contribution is 2.20. The van der Waals surface area contributed by atoms with E-state index in [4.69, 9.17) is 4.42 Å². The summed E-state index contributed by atoms with van der Waals surface area (Å²) in [7, 11) is 1.86. The third-order valence-electron chi connectivity index (χ3n) is 2.77. The topological polar surface area (TPSA) is 55.9 Å². The molecule has 1 aromatic carbocycles. The highest BCUT2D eigenvalue weighted by Gasteiger charge is 2.08. The Balaban J connectivity index is 1.88. The molecule has 0 atom stereocenters. The van der Waals surface area contributed by atoms with Crippen LogP contribution in [-0.2, 0) is 6.54 Å². The van der Waals surface area contributed by atoms with Crippen molar-refractivity contribution >= 4 is 0 Å². The summed E-state index contributed by atoms with van der Waals surface area (Å²) in [5, 5.41) is 7.33. The number of oxazole rings is 1. The summed E-state index contributed by atoms with van der Waals surface area (Å²) in [4.78, 5) is 4.20. The molecular weight excluding hydrogens is 240 g/mol. The Labute approximate surface area is 110 Å². The van der Waals surface area contributed by atoms with Gasteiger partial charge >= 0.3 is 0 Å². The second-order valence-corrected chi connectivity index (χ2v) is 4.16. The second-order valence-electron chi connectivity index (χ2n) is 4.16. The zero-order valence-corrected chi connectivity index (χ0v) is 10.6. The first kappa shape index (κ1) is 11.7. The van der Waals surface area contributed by atoms with E-state index in [9.17, 15) is 0 Å². The Morgan fingerprint density at radius 1 is 1.21 bits per heavy atom. The van der Waals surface area contributed by atoms with Gasteiger partial charge in [0.25, 0.3) is 0 Å². The van der Waals surface area contributed by atoms with Gasteiger partial charge in [-0.3, -0.25) is 0 Å². The molecule has 0 saturated carbocycles. The van der Waals surface area contributed by atoms with Crippen molar-refractivity contribution in [3.05, 3.63) is 54.8 Å². The molecule has 5 heteroatoms. The van der Waals surface area contributed by atoms with E-state index in [0.29, 0.717) is 12.4 Å². The maximum Gasteiger partial charge on any atom is 0.208 e. The molecule has 0 spiro atoms. The normalized spacial score (nSPS) is 10.8. The molecule has 5 nitrogen and oxygen atoms in total. The number of aromatic nitrogens is 3. The number of hydrogen-bond donors (Lipinski definition) is 1. The van der Waals surface area contributed by atoms with Crippen LogP contribution in [0.2, 0.25) is 0 Å². The van der Waals surface area contributed by atoms with Crippen LogP contribution in [-0.4, -0.2) is 21.8 Å². The molecule has 2 heterocycles. The predicted octanol–water partition coefficient (Wildman–Crippen LogP) is 2.25. The molecule has 0 unspecified atom stereocenters. The van der Waals surface area contributed by atoms with Gasteiger partial charge in [0.05, 0.1) is 30.2 Å². The fraction of sp³-hybridized carbons (Fsp3) is 0.143. The molecule has 0 aliphatic carbocycles. The van der Waals surface area contributed by atoms with Crippen molar-refractivity contribution in [1.82, 2.24) is 20.1 Å². The van der Waals surface area contributed by atoms with E-state index in [-0.39, 0.29) is 0 Å². The number of nitrogens with one attached hydrogen (secondary N) is 1. The van der Waals surface area contributed by atoms with E-state index in [0.717, 1.165) is 17.0 Å². The lowest BCUT2D eigenvalue weighted by atomic mass is 10.3. The molecule has 3 aromatic rings. The third kappa shape index (κ3) is 2.41. The molecule has 0 amide bonds. The van der Waals surface area contributed by atoms with Crippen molar-refractivity contribution in [2.75, 3.05) is 7.05 Å². The van der Waals surface area contributed by atoms with Crippen molar-refractivity contribution < 1.29 is 4.42 Å². The lowest BCUT2D eigenvalue weighted by Gasteiger charge is -1.98. The van der Waals surface area contributed by atoms with Crippen LogP contribution in [0.1, 0.15) is 5.89 Å². The Bertz CT molecular complexity index is 657. The first-order chi connectivity index (χ1) is 9.36. The summed E-state index contributed by atoms with van der Waals surface area (Å²) in [6, 6.07) is 9.95. The fourth-order valence-electron chi connectivity index (χ4n) is 1.85. The Hall–Kier alpha value is -2.40. The summed E-state index contributed by atoms with van der Waals surface area (Å²) in [6.07, 6.45) is 5.43. The minimum Gasteiger partial charge on any atom is -0.439 e. The maximum absolute atomic E-state index is 5.63. The first-order valence-electron chi connectivity index (χ1n) is 6.06. The van der Waals surface area contributed by atoms with Crippen LogP contribution in [0.5, 0.6) is 0 Å². The number of benzene rings is 1. The van der Waals surface area contributed by atoms with Gasteiger partial charge in [0, 0.05) is 6.20 Å². The van der Waals surface area contributed by atoms with Gasteiger partial charge in [-0.15, -0.1) is 0 Å². The number of nitrogens with zero attached hydrogens (tertiary/aromatic N) is 3. The lowest BCUT2D eigenvalue weighted by Crippen LogP contribution is -2.04. The van der Waals surface area contributed by atoms with E-state index in [1.54, 1.807) is 12.4 Å². The Kier molecular flexibility index (Phi) is 3.12. The molecule has 0 radical (unpaired) electrons.